The van der Waals surface area contributed by atoms with E-state index in [4.69, 9.17) is 5.73 Å². The molecule has 0 atom stereocenters. The third kappa shape index (κ3) is 1.20. The van der Waals surface area contributed by atoms with Crippen LogP contribution in [0.2, 0.25) is 0 Å². The van der Waals surface area contributed by atoms with E-state index in [1.807, 2.05) is 13.8 Å². The van der Waals surface area contributed by atoms with Crippen molar-refractivity contribution in [3.05, 3.63) is 21.7 Å². The number of rotatable bonds is 0. The molecule has 0 spiro atoms. The Balaban J connectivity index is 2.59. The number of anilines is 3. The molecular formula is C8H11N5O. The zero-order chi connectivity index (χ0) is 10.3. The lowest BCUT2D eigenvalue weighted by Gasteiger charge is -2.20. The lowest BCUT2D eigenvalue weighted by Crippen LogP contribution is -2.24. The smallest absolute Gasteiger partial charge is 0.278 e. The summed E-state index contributed by atoms with van der Waals surface area (Å²) in [6.45, 7) is 3.77. The van der Waals surface area contributed by atoms with Crippen molar-refractivity contribution in [1.82, 2.24) is 9.97 Å². The number of nitrogens with zero attached hydrogens (tertiary/aromatic N) is 1. The van der Waals surface area contributed by atoms with Crippen LogP contribution in [0.4, 0.5) is 17.5 Å². The minimum Gasteiger partial charge on any atom is -0.369 e. The van der Waals surface area contributed by atoms with Crippen molar-refractivity contribution in [2.45, 2.75) is 13.8 Å². The van der Waals surface area contributed by atoms with Gasteiger partial charge >= 0.3 is 0 Å². The molecule has 0 radical (unpaired) electrons. The van der Waals surface area contributed by atoms with Gasteiger partial charge in [0.15, 0.2) is 5.82 Å². The first-order chi connectivity index (χ1) is 6.58. The molecule has 1 aromatic heterocycles. The van der Waals surface area contributed by atoms with E-state index in [0.717, 1.165) is 11.4 Å². The van der Waals surface area contributed by atoms with E-state index in [9.17, 15) is 4.79 Å². The maximum Gasteiger partial charge on any atom is 0.278 e. The molecule has 1 aliphatic heterocycles. The second-order valence-corrected chi connectivity index (χ2v) is 3.17. The summed E-state index contributed by atoms with van der Waals surface area (Å²) >= 11 is 0. The highest BCUT2D eigenvalue weighted by atomic mass is 16.1. The quantitative estimate of drug-likeness (QED) is 0.479. The normalized spacial score (nSPS) is 14.4. The Kier molecular flexibility index (Phi) is 1.70. The van der Waals surface area contributed by atoms with Crippen molar-refractivity contribution in [3.63, 3.8) is 0 Å². The molecule has 0 saturated heterocycles. The Labute approximate surface area is 80.2 Å². The van der Waals surface area contributed by atoms with Crippen LogP contribution in [0.5, 0.6) is 0 Å². The number of H-pyrrole nitrogens is 1. The molecule has 0 amide bonds. The van der Waals surface area contributed by atoms with Gasteiger partial charge in [-0.15, -0.1) is 0 Å². The van der Waals surface area contributed by atoms with Crippen molar-refractivity contribution < 1.29 is 0 Å². The van der Waals surface area contributed by atoms with Crippen LogP contribution in [0.3, 0.4) is 0 Å². The summed E-state index contributed by atoms with van der Waals surface area (Å²) in [7, 11) is 0. The number of aromatic nitrogens is 2. The monoisotopic (exact) mass is 193 g/mol. The molecule has 0 aromatic carbocycles. The maximum atomic E-state index is 11.4. The van der Waals surface area contributed by atoms with Gasteiger partial charge in [0.05, 0.1) is 0 Å². The number of nitrogens with one attached hydrogen (secondary N) is 3. The summed E-state index contributed by atoms with van der Waals surface area (Å²) in [5.74, 6) is 0.574. The van der Waals surface area contributed by atoms with E-state index < -0.39 is 0 Å². The van der Waals surface area contributed by atoms with Crippen LogP contribution < -0.4 is 21.9 Å². The molecule has 0 fully saturated rings. The fraction of sp³-hybridized carbons (Fsp3) is 0.250. The second-order valence-electron chi connectivity index (χ2n) is 3.17. The van der Waals surface area contributed by atoms with Gasteiger partial charge in [0, 0.05) is 11.4 Å². The molecule has 1 aliphatic rings. The van der Waals surface area contributed by atoms with Crippen LogP contribution >= 0.6 is 0 Å². The van der Waals surface area contributed by atoms with Gasteiger partial charge in [-0.25, -0.2) is 0 Å². The molecule has 0 unspecified atom stereocenters. The third-order valence-electron chi connectivity index (χ3n) is 2.12. The lowest BCUT2D eigenvalue weighted by atomic mass is 10.3. The highest BCUT2D eigenvalue weighted by molar-refractivity contribution is 5.71. The first-order valence-corrected chi connectivity index (χ1v) is 4.19. The summed E-state index contributed by atoms with van der Waals surface area (Å²) in [4.78, 5) is 17.8. The molecule has 0 bridgehead atoms. The number of aromatic amines is 1. The van der Waals surface area contributed by atoms with Crippen molar-refractivity contribution in [3.8, 4) is 0 Å². The van der Waals surface area contributed by atoms with E-state index in [2.05, 4.69) is 20.6 Å². The van der Waals surface area contributed by atoms with Gasteiger partial charge in [-0.2, -0.15) is 4.98 Å². The fourth-order valence-electron chi connectivity index (χ4n) is 1.25. The largest absolute Gasteiger partial charge is 0.369 e. The molecule has 0 aliphatic carbocycles. The van der Waals surface area contributed by atoms with Crippen LogP contribution in [0.25, 0.3) is 0 Å². The summed E-state index contributed by atoms with van der Waals surface area (Å²) in [5, 5.41) is 5.96. The molecule has 1 aromatic rings. The third-order valence-corrected chi connectivity index (χ3v) is 2.12. The van der Waals surface area contributed by atoms with Gasteiger partial charge < -0.3 is 16.4 Å². The predicted molar refractivity (Wildman–Crippen MR) is 54.9 cm³/mol. The number of nitrogens with two attached hydrogens (primary N) is 1. The average Bonchev–Trinajstić information content (AvgIpc) is 2.08. The SMILES string of the molecule is CC1=C(C)Nc2c(nc(N)[nH]c2=O)N1. The van der Waals surface area contributed by atoms with Gasteiger partial charge in [0.2, 0.25) is 5.95 Å². The van der Waals surface area contributed by atoms with Crippen LogP contribution in [-0.4, -0.2) is 9.97 Å². The van der Waals surface area contributed by atoms with Crippen molar-refractivity contribution in [2.75, 3.05) is 16.4 Å². The predicted octanol–water partition coefficient (Wildman–Crippen LogP) is 0.441. The topological polar surface area (TPSA) is 95.8 Å². The molecule has 74 valence electrons. The molecular weight excluding hydrogens is 182 g/mol. The fourth-order valence-corrected chi connectivity index (χ4v) is 1.25. The molecule has 5 N–H and O–H groups in total. The highest BCUT2D eigenvalue weighted by Gasteiger charge is 2.16. The molecule has 2 rings (SSSR count). The number of nitrogen functional groups attached to an aromatic ring is 1. The first-order valence-electron chi connectivity index (χ1n) is 4.19. The van der Waals surface area contributed by atoms with Crippen LogP contribution in [0.1, 0.15) is 13.8 Å². The van der Waals surface area contributed by atoms with Gasteiger partial charge in [-0.3, -0.25) is 9.78 Å². The standard InChI is InChI=1S/C8H11N5O/c1-3-4(2)11-6-5(10-3)7(14)13-8(9)12-6/h10H,1-2H3,(H4,9,11,12,13,14). The van der Waals surface area contributed by atoms with E-state index in [1.165, 1.54) is 0 Å². The minimum absolute atomic E-state index is 0.107. The Morgan fingerprint density at radius 1 is 1.21 bits per heavy atom. The number of hydrogen-bond acceptors (Lipinski definition) is 5. The van der Waals surface area contributed by atoms with Crippen molar-refractivity contribution >= 4 is 17.5 Å². The summed E-state index contributed by atoms with van der Waals surface area (Å²) in [6.07, 6.45) is 0. The van der Waals surface area contributed by atoms with Gasteiger partial charge in [-0.1, -0.05) is 0 Å². The summed E-state index contributed by atoms with van der Waals surface area (Å²) in [6, 6.07) is 0. The van der Waals surface area contributed by atoms with E-state index >= 15 is 0 Å². The van der Waals surface area contributed by atoms with Crippen LogP contribution in [-0.2, 0) is 0 Å². The molecule has 2 heterocycles. The molecule has 6 nitrogen and oxygen atoms in total. The average molecular weight is 193 g/mol. The van der Waals surface area contributed by atoms with Crippen LogP contribution in [0.15, 0.2) is 16.2 Å². The molecule has 0 saturated carbocycles. The maximum absolute atomic E-state index is 11.4. The van der Waals surface area contributed by atoms with Gasteiger partial charge in [0.25, 0.3) is 5.56 Å². The Morgan fingerprint density at radius 3 is 2.57 bits per heavy atom. The first kappa shape index (κ1) is 8.61. The Bertz CT molecular complexity index is 473. The van der Waals surface area contributed by atoms with Crippen molar-refractivity contribution in [1.29, 1.82) is 0 Å². The zero-order valence-corrected chi connectivity index (χ0v) is 7.93. The lowest BCUT2D eigenvalue weighted by molar-refractivity contribution is 1.08. The van der Waals surface area contributed by atoms with Gasteiger partial charge in [0.1, 0.15) is 5.69 Å². The molecule has 6 heteroatoms. The highest BCUT2D eigenvalue weighted by Crippen LogP contribution is 2.23. The van der Waals surface area contributed by atoms with Gasteiger partial charge in [-0.05, 0) is 13.8 Å². The number of fused-ring (bicyclic) bond motifs is 1. The molecule has 14 heavy (non-hydrogen) atoms. The van der Waals surface area contributed by atoms with E-state index in [-0.39, 0.29) is 11.5 Å². The Morgan fingerprint density at radius 2 is 1.86 bits per heavy atom. The second kappa shape index (κ2) is 2.76. The zero-order valence-electron chi connectivity index (χ0n) is 7.93. The van der Waals surface area contributed by atoms with E-state index in [0.29, 0.717) is 11.5 Å². The van der Waals surface area contributed by atoms with Crippen molar-refractivity contribution in [2.24, 2.45) is 0 Å². The van der Waals surface area contributed by atoms with Crippen LogP contribution in [0, 0.1) is 0 Å². The number of hydrogen-bond donors (Lipinski definition) is 4. The summed E-state index contributed by atoms with van der Waals surface area (Å²) in [5.41, 5.74) is 7.37. The summed E-state index contributed by atoms with van der Waals surface area (Å²) < 4.78 is 0. The Hall–Kier alpha value is -1.98. The van der Waals surface area contributed by atoms with E-state index in [1.54, 1.807) is 0 Å². The minimum atomic E-state index is -0.271. The number of allylic oxidation sites excluding steroid dienone is 2.